The average molecular weight is 493 g/mol. The third-order valence-corrected chi connectivity index (χ3v) is 6.38. The van der Waals surface area contributed by atoms with Gasteiger partial charge in [0.25, 0.3) is 0 Å². The molecule has 0 bridgehead atoms. The number of hydrogen-bond acceptors (Lipinski definition) is 6. The van der Waals surface area contributed by atoms with Crippen molar-refractivity contribution in [1.29, 1.82) is 0 Å². The molecular weight excluding hydrogens is 464 g/mol. The fraction of sp³-hybridized carbons (Fsp3) is 0.167. The minimum atomic E-state index is -0.521. The number of fused-ring (bicyclic) bond motifs is 1. The summed E-state index contributed by atoms with van der Waals surface area (Å²) in [5.41, 5.74) is 4.81. The number of nitrogens with one attached hydrogen (secondary N) is 2. The van der Waals surface area contributed by atoms with Gasteiger partial charge in [-0.15, -0.1) is 0 Å². The van der Waals surface area contributed by atoms with E-state index >= 15 is 0 Å². The summed E-state index contributed by atoms with van der Waals surface area (Å²) < 4.78 is 7.03. The summed E-state index contributed by atoms with van der Waals surface area (Å²) in [5.74, 6) is 0.00478. The second-order valence-corrected chi connectivity index (χ2v) is 8.90. The number of aryl methyl sites for hydroxylation is 1. The van der Waals surface area contributed by atoms with Gasteiger partial charge in [0.05, 0.1) is 23.8 Å². The van der Waals surface area contributed by atoms with E-state index in [-0.39, 0.29) is 6.61 Å². The van der Waals surface area contributed by atoms with Crippen molar-refractivity contribution in [2.45, 2.75) is 26.7 Å². The summed E-state index contributed by atoms with van der Waals surface area (Å²) in [6, 6.07) is 26.9. The Balaban J connectivity index is 1.81. The number of para-hydroxylation sites is 1. The number of allylic oxidation sites excluding steroid dienone is 1. The van der Waals surface area contributed by atoms with Crippen molar-refractivity contribution in [2.24, 2.45) is 0 Å². The summed E-state index contributed by atoms with van der Waals surface area (Å²) in [6.07, 6.45) is 0. The van der Waals surface area contributed by atoms with E-state index in [0.717, 1.165) is 16.8 Å². The van der Waals surface area contributed by atoms with Crippen molar-refractivity contribution in [3.05, 3.63) is 123 Å². The SMILES string of the molecule is CCOC(=O)C1=C(C)Nc2c(c(Nc3ccc(C)cc3)nc(=O)n2-c2ccccc2)C1c1ccccc1. The number of rotatable bonds is 6. The van der Waals surface area contributed by atoms with Gasteiger partial charge in [-0.2, -0.15) is 4.98 Å². The van der Waals surface area contributed by atoms with Crippen LogP contribution in [0.3, 0.4) is 0 Å². The van der Waals surface area contributed by atoms with Crippen molar-refractivity contribution in [2.75, 3.05) is 17.2 Å². The maximum absolute atomic E-state index is 13.5. The fourth-order valence-corrected chi connectivity index (χ4v) is 4.68. The van der Waals surface area contributed by atoms with E-state index in [9.17, 15) is 9.59 Å². The van der Waals surface area contributed by atoms with Gasteiger partial charge < -0.3 is 15.4 Å². The zero-order valence-electron chi connectivity index (χ0n) is 21.0. The molecule has 7 heteroatoms. The summed E-state index contributed by atoms with van der Waals surface area (Å²) in [4.78, 5) is 31.3. The minimum absolute atomic E-state index is 0.250. The molecule has 1 unspecified atom stereocenters. The highest BCUT2D eigenvalue weighted by Gasteiger charge is 2.37. The monoisotopic (exact) mass is 492 g/mol. The number of ether oxygens (including phenoxy) is 1. The predicted molar refractivity (Wildman–Crippen MR) is 146 cm³/mol. The van der Waals surface area contributed by atoms with Gasteiger partial charge in [0.2, 0.25) is 0 Å². The molecule has 186 valence electrons. The molecule has 1 atom stereocenters. The largest absolute Gasteiger partial charge is 0.463 e. The number of esters is 1. The summed E-state index contributed by atoms with van der Waals surface area (Å²) in [6.45, 7) is 5.88. The highest BCUT2D eigenvalue weighted by atomic mass is 16.5. The third kappa shape index (κ3) is 4.63. The molecule has 0 saturated heterocycles. The van der Waals surface area contributed by atoms with Crippen molar-refractivity contribution in [3.63, 3.8) is 0 Å². The van der Waals surface area contributed by atoms with Crippen LogP contribution in [-0.2, 0) is 9.53 Å². The highest BCUT2D eigenvalue weighted by molar-refractivity contribution is 5.95. The van der Waals surface area contributed by atoms with Crippen LogP contribution >= 0.6 is 0 Å². The van der Waals surface area contributed by atoms with Gasteiger partial charge in [-0.3, -0.25) is 0 Å². The molecule has 37 heavy (non-hydrogen) atoms. The molecule has 5 rings (SSSR count). The average Bonchev–Trinajstić information content (AvgIpc) is 2.90. The number of nitrogens with zero attached hydrogens (tertiary/aromatic N) is 2. The molecule has 0 amide bonds. The molecule has 2 N–H and O–H groups in total. The number of aromatic nitrogens is 2. The second-order valence-electron chi connectivity index (χ2n) is 8.90. The van der Waals surface area contributed by atoms with Gasteiger partial charge in [-0.05, 0) is 50.6 Å². The summed E-state index contributed by atoms with van der Waals surface area (Å²) in [7, 11) is 0. The molecule has 4 aromatic rings. The number of carbonyl (C=O) groups is 1. The Labute approximate surface area is 215 Å². The van der Waals surface area contributed by atoms with Crippen LogP contribution < -0.4 is 16.3 Å². The molecule has 0 aliphatic carbocycles. The van der Waals surface area contributed by atoms with E-state index in [1.807, 2.05) is 98.8 Å². The molecule has 0 spiro atoms. The lowest BCUT2D eigenvalue weighted by Gasteiger charge is -2.33. The maximum Gasteiger partial charge on any atom is 0.355 e. The molecule has 0 fully saturated rings. The maximum atomic E-state index is 13.5. The van der Waals surface area contributed by atoms with Gasteiger partial charge in [0.1, 0.15) is 11.6 Å². The zero-order chi connectivity index (χ0) is 25.9. The summed E-state index contributed by atoms with van der Waals surface area (Å²) in [5, 5.41) is 6.70. The van der Waals surface area contributed by atoms with Crippen LogP contribution in [-0.4, -0.2) is 22.1 Å². The molecule has 1 aliphatic rings. The lowest BCUT2D eigenvalue weighted by molar-refractivity contribution is -0.138. The van der Waals surface area contributed by atoms with E-state index in [1.165, 1.54) is 0 Å². The molecule has 7 nitrogen and oxygen atoms in total. The molecule has 1 aliphatic heterocycles. The van der Waals surface area contributed by atoms with Gasteiger partial charge in [0, 0.05) is 16.9 Å². The van der Waals surface area contributed by atoms with E-state index in [0.29, 0.717) is 34.2 Å². The van der Waals surface area contributed by atoms with Crippen LogP contribution in [0, 0.1) is 6.92 Å². The number of benzene rings is 3. The highest BCUT2D eigenvalue weighted by Crippen LogP contribution is 2.45. The number of carbonyl (C=O) groups excluding carboxylic acids is 1. The first-order valence-electron chi connectivity index (χ1n) is 12.2. The van der Waals surface area contributed by atoms with Crippen LogP contribution in [0.1, 0.15) is 36.5 Å². The van der Waals surface area contributed by atoms with E-state index in [2.05, 4.69) is 15.6 Å². The number of hydrogen-bond donors (Lipinski definition) is 2. The Kier molecular flexibility index (Phi) is 6.60. The Bertz CT molecular complexity index is 1530. The van der Waals surface area contributed by atoms with Crippen molar-refractivity contribution in [3.8, 4) is 5.69 Å². The van der Waals surface area contributed by atoms with E-state index < -0.39 is 17.6 Å². The first-order chi connectivity index (χ1) is 18.0. The molecule has 0 radical (unpaired) electrons. The zero-order valence-corrected chi connectivity index (χ0v) is 21.0. The Morgan fingerprint density at radius 3 is 2.27 bits per heavy atom. The predicted octanol–water partition coefficient (Wildman–Crippen LogP) is 5.68. The van der Waals surface area contributed by atoms with E-state index in [4.69, 9.17) is 4.74 Å². The fourth-order valence-electron chi connectivity index (χ4n) is 4.68. The van der Waals surface area contributed by atoms with Crippen LogP contribution in [0.2, 0.25) is 0 Å². The van der Waals surface area contributed by atoms with Crippen LogP contribution in [0.4, 0.5) is 17.3 Å². The molecule has 3 aromatic carbocycles. The molecule has 0 saturated carbocycles. The standard InChI is InChI=1S/C30H28N4O3/c1-4-37-29(35)24-20(3)31-28-26(25(24)21-11-7-5-8-12-21)27(32-22-17-15-19(2)16-18-22)33-30(36)34(28)23-13-9-6-10-14-23/h5-18,25,31H,4H2,1-3H3,(H,32,33,36). The lowest BCUT2D eigenvalue weighted by atomic mass is 9.81. The topological polar surface area (TPSA) is 85.2 Å². The first-order valence-corrected chi connectivity index (χ1v) is 12.2. The Hall–Kier alpha value is -4.65. The Morgan fingerprint density at radius 2 is 1.62 bits per heavy atom. The van der Waals surface area contributed by atoms with Crippen molar-refractivity contribution < 1.29 is 9.53 Å². The van der Waals surface area contributed by atoms with E-state index in [1.54, 1.807) is 11.5 Å². The Morgan fingerprint density at radius 1 is 0.973 bits per heavy atom. The van der Waals surface area contributed by atoms with Gasteiger partial charge in [-0.25, -0.2) is 14.2 Å². The smallest absolute Gasteiger partial charge is 0.355 e. The van der Waals surface area contributed by atoms with Crippen LogP contribution in [0.25, 0.3) is 5.69 Å². The molecule has 1 aromatic heterocycles. The lowest BCUT2D eigenvalue weighted by Crippen LogP contribution is -2.33. The van der Waals surface area contributed by atoms with Gasteiger partial charge in [-0.1, -0.05) is 66.2 Å². The quantitative estimate of drug-likeness (QED) is 0.337. The van der Waals surface area contributed by atoms with Crippen molar-refractivity contribution >= 4 is 23.3 Å². The minimum Gasteiger partial charge on any atom is -0.463 e. The van der Waals surface area contributed by atoms with Crippen LogP contribution in [0.15, 0.2) is 101 Å². The van der Waals surface area contributed by atoms with Crippen molar-refractivity contribution in [1.82, 2.24) is 9.55 Å². The first kappa shape index (κ1) is 24.1. The van der Waals surface area contributed by atoms with Crippen LogP contribution in [0.5, 0.6) is 0 Å². The van der Waals surface area contributed by atoms with Gasteiger partial charge in [0.15, 0.2) is 0 Å². The molecular formula is C30H28N4O3. The normalized spacial score (nSPS) is 14.5. The second kappa shape index (κ2) is 10.1. The van der Waals surface area contributed by atoms with Gasteiger partial charge >= 0.3 is 11.7 Å². The third-order valence-electron chi connectivity index (χ3n) is 6.38. The number of anilines is 3. The molecule has 2 heterocycles. The summed E-state index contributed by atoms with van der Waals surface area (Å²) >= 11 is 0.